The summed E-state index contributed by atoms with van der Waals surface area (Å²) in [7, 11) is 0. The standard InChI is InChI=1S/C22H23NO2/c1-3-25-22(24)16-10-11-20-19(13-16)17-8-5-9-18(17)21(23-20)15-7-4-6-14(2)12-15/h4-8,10-13,17-18,21,23H,3,9H2,1-2H3/t17-,18+,21+/m1/s1. The zero-order valence-electron chi connectivity index (χ0n) is 14.7. The van der Waals surface area contributed by atoms with Crippen LogP contribution in [-0.4, -0.2) is 12.6 Å². The van der Waals surface area contributed by atoms with Gasteiger partial charge in [-0.05, 0) is 55.5 Å². The van der Waals surface area contributed by atoms with Crippen molar-refractivity contribution in [2.24, 2.45) is 5.92 Å². The van der Waals surface area contributed by atoms with E-state index < -0.39 is 0 Å². The molecular weight excluding hydrogens is 310 g/mol. The molecule has 2 aromatic rings. The van der Waals surface area contributed by atoms with E-state index in [0.29, 0.717) is 30.0 Å². The number of anilines is 1. The van der Waals surface area contributed by atoms with Crippen LogP contribution in [0.2, 0.25) is 0 Å². The summed E-state index contributed by atoms with van der Waals surface area (Å²) in [4.78, 5) is 12.1. The molecule has 0 aromatic heterocycles. The SMILES string of the molecule is CCOC(=O)c1ccc2c(c1)[C@@H]1C=CC[C@@H]1[C@H](c1cccc(C)c1)N2. The van der Waals surface area contributed by atoms with Gasteiger partial charge in [0.25, 0.3) is 0 Å². The summed E-state index contributed by atoms with van der Waals surface area (Å²) in [5.41, 5.74) is 5.57. The van der Waals surface area contributed by atoms with Crippen LogP contribution in [0.15, 0.2) is 54.6 Å². The number of esters is 1. The summed E-state index contributed by atoms with van der Waals surface area (Å²) in [6.45, 7) is 4.37. The van der Waals surface area contributed by atoms with Crippen molar-refractivity contribution in [1.82, 2.24) is 0 Å². The Labute approximate surface area is 148 Å². The van der Waals surface area contributed by atoms with Crippen LogP contribution in [-0.2, 0) is 4.74 Å². The zero-order chi connectivity index (χ0) is 17.4. The van der Waals surface area contributed by atoms with Crippen molar-refractivity contribution in [3.8, 4) is 0 Å². The molecule has 0 fully saturated rings. The number of allylic oxidation sites excluding steroid dienone is 2. The Bertz CT molecular complexity index is 840. The monoisotopic (exact) mass is 333 g/mol. The van der Waals surface area contributed by atoms with Crippen molar-refractivity contribution >= 4 is 11.7 Å². The van der Waals surface area contributed by atoms with Crippen molar-refractivity contribution < 1.29 is 9.53 Å². The average Bonchev–Trinajstić information content (AvgIpc) is 3.11. The van der Waals surface area contributed by atoms with E-state index in [1.54, 1.807) is 0 Å². The van der Waals surface area contributed by atoms with E-state index in [1.807, 2.05) is 25.1 Å². The van der Waals surface area contributed by atoms with E-state index >= 15 is 0 Å². The molecule has 4 rings (SSSR count). The molecule has 2 aliphatic rings. The summed E-state index contributed by atoms with van der Waals surface area (Å²) < 4.78 is 5.16. The molecule has 0 amide bonds. The summed E-state index contributed by atoms with van der Waals surface area (Å²) in [6.07, 6.45) is 5.62. The van der Waals surface area contributed by atoms with Gasteiger partial charge in [-0.2, -0.15) is 0 Å². The predicted octanol–water partition coefficient (Wildman–Crippen LogP) is 5.00. The third-order valence-corrected chi connectivity index (χ3v) is 5.28. The molecule has 0 saturated heterocycles. The second kappa shape index (κ2) is 6.40. The number of aryl methyl sites for hydroxylation is 1. The smallest absolute Gasteiger partial charge is 0.338 e. The Morgan fingerprint density at radius 3 is 2.92 bits per heavy atom. The summed E-state index contributed by atoms with van der Waals surface area (Å²) in [5.74, 6) is 0.576. The van der Waals surface area contributed by atoms with Gasteiger partial charge in [0.15, 0.2) is 0 Å². The van der Waals surface area contributed by atoms with Gasteiger partial charge in [-0.15, -0.1) is 0 Å². The Hall–Kier alpha value is -2.55. The molecule has 0 radical (unpaired) electrons. The van der Waals surface area contributed by atoms with Crippen LogP contribution in [0.1, 0.15) is 52.4 Å². The number of fused-ring (bicyclic) bond motifs is 3. The number of hydrogen-bond acceptors (Lipinski definition) is 3. The second-order valence-electron chi connectivity index (χ2n) is 6.91. The highest BCUT2D eigenvalue weighted by Gasteiger charge is 2.38. The largest absolute Gasteiger partial charge is 0.462 e. The number of rotatable bonds is 3. The lowest BCUT2D eigenvalue weighted by Gasteiger charge is -2.37. The van der Waals surface area contributed by atoms with Crippen LogP contribution < -0.4 is 5.32 Å². The Balaban J connectivity index is 1.72. The van der Waals surface area contributed by atoms with E-state index in [1.165, 1.54) is 16.7 Å². The highest BCUT2D eigenvalue weighted by molar-refractivity contribution is 5.90. The molecule has 2 aromatic carbocycles. The molecule has 25 heavy (non-hydrogen) atoms. The molecule has 1 N–H and O–H groups in total. The van der Waals surface area contributed by atoms with Gasteiger partial charge in [-0.25, -0.2) is 4.79 Å². The molecule has 1 aliphatic carbocycles. The maximum Gasteiger partial charge on any atom is 0.338 e. The van der Waals surface area contributed by atoms with Crippen LogP contribution in [0.3, 0.4) is 0 Å². The molecule has 0 saturated carbocycles. The molecular formula is C22H23NO2. The van der Waals surface area contributed by atoms with Gasteiger partial charge in [0.05, 0.1) is 18.2 Å². The number of carbonyl (C=O) groups excluding carboxylic acids is 1. The lowest BCUT2D eigenvalue weighted by atomic mass is 9.76. The van der Waals surface area contributed by atoms with E-state index in [0.717, 1.165) is 12.1 Å². The second-order valence-corrected chi connectivity index (χ2v) is 6.91. The first kappa shape index (κ1) is 15.9. The van der Waals surface area contributed by atoms with Crippen molar-refractivity contribution in [2.45, 2.75) is 32.2 Å². The highest BCUT2D eigenvalue weighted by Crippen LogP contribution is 2.50. The van der Waals surface area contributed by atoms with Crippen molar-refractivity contribution in [3.63, 3.8) is 0 Å². The maximum absolute atomic E-state index is 12.1. The molecule has 1 heterocycles. The first-order valence-electron chi connectivity index (χ1n) is 8.98. The minimum absolute atomic E-state index is 0.246. The Morgan fingerprint density at radius 1 is 1.24 bits per heavy atom. The van der Waals surface area contributed by atoms with E-state index in [4.69, 9.17) is 4.74 Å². The molecule has 1 aliphatic heterocycles. The fraction of sp³-hybridized carbons (Fsp3) is 0.318. The van der Waals surface area contributed by atoms with Crippen LogP contribution in [0.4, 0.5) is 5.69 Å². The van der Waals surface area contributed by atoms with Gasteiger partial charge in [0.1, 0.15) is 0 Å². The Morgan fingerprint density at radius 2 is 2.12 bits per heavy atom. The quantitative estimate of drug-likeness (QED) is 0.634. The number of nitrogens with one attached hydrogen (secondary N) is 1. The first-order chi connectivity index (χ1) is 12.2. The van der Waals surface area contributed by atoms with Gasteiger partial charge < -0.3 is 10.1 Å². The van der Waals surface area contributed by atoms with Crippen LogP contribution in [0.25, 0.3) is 0 Å². The summed E-state index contributed by atoms with van der Waals surface area (Å²) in [6, 6.07) is 14.9. The minimum Gasteiger partial charge on any atom is -0.462 e. The predicted molar refractivity (Wildman–Crippen MR) is 99.9 cm³/mol. The number of benzene rings is 2. The van der Waals surface area contributed by atoms with Crippen LogP contribution in [0.5, 0.6) is 0 Å². The maximum atomic E-state index is 12.1. The van der Waals surface area contributed by atoms with Crippen molar-refractivity contribution in [3.05, 3.63) is 76.9 Å². The van der Waals surface area contributed by atoms with Crippen molar-refractivity contribution in [1.29, 1.82) is 0 Å². The minimum atomic E-state index is -0.246. The molecule has 0 unspecified atom stereocenters. The number of carbonyl (C=O) groups is 1. The average molecular weight is 333 g/mol. The highest BCUT2D eigenvalue weighted by atomic mass is 16.5. The molecule has 128 valence electrons. The lowest BCUT2D eigenvalue weighted by molar-refractivity contribution is 0.0526. The zero-order valence-corrected chi connectivity index (χ0v) is 14.7. The van der Waals surface area contributed by atoms with Crippen molar-refractivity contribution in [2.75, 3.05) is 11.9 Å². The molecule has 3 nitrogen and oxygen atoms in total. The summed E-state index contributed by atoms with van der Waals surface area (Å²) >= 11 is 0. The number of hydrogen-bond donors (Lipinski definition) is 1. The topological polar surface area (TPSA) is 38.3 Å². The molecule has 3 atom stereocenters. The molecule has 3 heteroatoms. The number of ether oxygens (including phenoxy) is 1. The third kappa shape index (κ3) is 2.84. The third-order valence-electron chi connectivity index (χ3n) is 5.28. The van der Waals surface area contributed by atoms with Crippen LogP contribution >= 0.6 is 0 Å². The van der Waals surface area contributed by atoms with Gasteiger partial charge in [0.2, 0.25) is 0 Å². The Kier molecular flexibility index (Phi) is 4.08. The van der Waals surface area contributed by atoms with E-state index in [9.17, 15) is 4.79 Å². The fourth-order valence-electron chi connectivity index (χ4n) is 4.13. The van der Waals surface area contributed by atoms with E-state index in [2.05, 4.69) is 48.7 Å². The van der Waals surface area contributed by atoms with E-state index in [-0.39, 0.29) is 5.97 Å². The van der Waals surface area contributed by atoms with Gasteiger partial charge in [-0.1, -0.05) is 42.0 Å². The molecule has 0 spiro atoms. The van der Waals surface area contributed by atoms with Crippen LogP contribution in [0, 0.1) is 12.8 Å². The normalized spacial score (nSPS) is 23.5. The first-order valence-corrected chi connectivity index (χ1v) is 8.98. The van der Waals surface area contributed by atoms with Gasteiger partial charge in [-0.3, -0.25) is 0 Å². The van der Waals surface area contributed by atoms with Gasteiger partial charge >= 0.3 is 5.97 Å². The van der Waals surface area contributed by atoms with Gasteiger partial charge in [0, 0.05) is 11.6 Å². The molecule has 0 bridgehead atoms. The fourth-order valence-corrected chi connectivity index (χ4v) is 4.13. The lowest BCUT2D eigenvalue weighted by Crippen LogP contribution is -2.29. The summed E-state index contributed by atoms with van der Waals surface area (Å²) in [5, 5.41) is 3.72.